The number of aliphatic imine (C=N–C) groups is 1. The molecule has 30 heavy (non-hydrogen) atoms. The topological polar surface area (TPSA) is 49.3 Å². The Bertz CT molecular complexity index is 623. The van der Waals surface area contributed by atoms with E-state index in [9.17, 15) is 0 Å². The average molecular weight is 417 g/mol. The van der Waals surface area contributed by atoms with E-state index in [1.54, 1.807) is 0 Å². The molecule has 0 bridgehead atoms. The molecule has 6 nitrogen and oxygen atoms in total. The number of hydrogen-bond acceptors (Lipinski definition) is 4. The van der Waals surface area contributed by atoms with Gasteiger partial charge in [-0.15, -0.1) is 0 Å². The van der Waals surface area contributed by atoms with Gasteiger partial charge in [-0.3, -0.25) is 4.99 Å². The molecule has 1 aromatic rings. The number of guanidine groups is 1. The van der Waals surface area contributed by atoms with Gasteiger partial charge >= 0.3 is 0 Å². The largest absolute Gasteiger partial charge is 0.381 e. The highest BCUT2D eigenvalue weighted by molar-refractivity contribution is 5.79. The maximum absolute atomic E-state index is 5.95. The molecule has 6 heteroatoms. The van der Waals surface area contributed by atoms with Crippen LogP contribution in [0.15, 0.2) is 29.3 Å². The maximum Gasteiger partial charge on any atom is 0.193 e. The van der Waals surface area contributed by atoms with Crippen LogP contribution >= 0.6 is 0 Å². The third-order valence-corrected chi connectivity index (χ3v) is 5.86. The van der Waals surface area contributed by atoms with Gasteiger partial charge in [0.1, 0.15) is 0 Å². The van der Waals surface area contributed by atoms with Gasteiger partial charge in [0.05, 0.1) is 6.10 Å². The fourth-order valence-electron chi connectivity index (χ4n) is 4.12. The predicted octanol–water partition coefficient (Wildman–Crippen LogP) is 3.66. The highest BCUT2D eigenvalue weighted by atomic mass is 16.5. The molecule has 0 atom stereocenters. The Morgan fingerprint density at radius 3 is 2.60 bits per heavy atom. The van der Waals surface area contributed by atoms with Crippen LogP contribution in [-0.4, -0.2) is 70.0 Å². The molecule has 2 fully saturated rings. The third kappa shape index (κ3) is 7.47. The summed E-state index contributed by atoms with van der Waals surface area (Å²) in [6.07, 6.45) is 7.35. The Morgan fingerprint density at radius 2 is 1.90 bits per heavy atom. The van der Waals surface area contributed by atoms with Crippen molar-refractivity contribution < 1.29 is 9.47 Å². The lowest BCUT2D eigenvalue weighted by Crippen LogP contribution is -2.38. The van der Waals surface area contributed by atoms with Crippen LogP contribution in [0.4, 0.5) is 5.69 Å². The molecule has 0 amide bonds. The minimum atomic E-state index is 0.367. The van der Waals surface area contributed by atoms with Gasteiger partial charge in [0.25, 0.3) is 0 Å². The summed E-state index contributed by atoms with van der Waals surface area (Å²) in [6.45, 7) is 9.43. The van der Waals surface area contributed by atoms with Gasteiger partial charge in [-0.05, 0) is 63.1 Å². The second kappa shape index (κ2) is 12.8. The van der Waals surface area contributed by atoms with E-state index in [1.165, 1.54) is 43.6 Å². The monoisotopic (exact) mass is 416 g/mol. The fraction of sp³-hybridized carbons (Fsp3) is 0.708. The van der Waals surface area contributed by atoms with Gasteiger partial charge in [0.2, 0.25) is 0 Å². The van der Waals surface area contributed by atoms with Crippen molar-refractivity contribution in [2.24, 2.45) is 4.99 Å². The van der Waals surface area contributed by atoms with E-state index in [-0.39, 0.29) is 0 Å². The van der Waals surface area contributed by atoms with E-state index < -0.39 is 0 Å². The zero-order valence-corrected chi connectivity index (χ0v) is 18.9. The van der Waals surface area contributed by atoms with Gasteiger partial charge in [-0.2, -0.15) is 0 Å². The van der Waals surface area contributed by atoms with Crippen molar-refractivity contribution in [2.75, 3.05) is 57.9 Å². The first-order chi connectivity index (χ1) is 14.8. The smallest absolute Gasteiger partial charge is 0.193 e. The maximum atomic E-state index is 5.95. The lowest BCUT2D eigenvalue weighted by atomic mass is 10.1. The quantitative estimate of drug-likeness (QED) is 0.378. The van der Waals surface area contributed by atoms with Crippen LogP contribution in [0.3, 0.4) is 0 Å². The van der Waals surface area contributed by atoms with Crippen LogP contribution in [0.25, 0.3) is 0 Å². The first-order valence-electron chi connectivity index (χ1n) is 11.8. The summed E-state index contributed by atoms with van der Waals surface area (Å²) >= 11 is 0. The van der Waals surface area contributed by atoms with Gasteiger partial charge in [-0.1, -0.05) is 12.1 Å². The third-order valence-electron chi connectivity index (χ3n) is 5.86. The minimum Gasteiger partial charge on any atom is -0.381 e. The first kappa shape index (κ1) is 22.9. The lowest BCUT2D eigenvalue weighted by molar-refractivity contribution is -0.0318. The van der Waals surface area contributed by atoms with Crippen LogP contribution in [0.2, 0.25) is 0 Å². The molecule has 2 aliphatic rings. The number of anilines is 1. The lowest BCUT2D eigenvalue weighted by Gasteiger charge is -2.29. The number of nitrogens with one attached hydrogen (secondary N) is 1. The molecule has 1 aromatic carbocycles. The molecule has 1 N–H and O–H groups in total. The van der Waals surface area contributed by atoms with Crippen molar-refractivity contribution in [3.8, 4) is 0 Å². The molecule has 0 saturated carbocycles. The predicted molar refractivity (Wildman–Crippen MR) is 124 cm³/mol. The summed E-state index contributed by atoms with van der Waals surface area (Å²) in [5.41, 5.74) is 2.66. The molecule has 0 aliphatic carbocycles. The molecule has 168 valence electrons. The zero-order chi connectivity index (χ0) is 21.0. The molecular formula is C24H40N4O2. The summed E-state index contributed by atoms with van der Waals surface area (Å²) in [5, 5.41) is 3.42. The SMILES string of the molecule is CCNC(=NCCCOC1CCOCC1)N(C)Cc1ccc(N2CCCCC2)cc1. The Balaban J connectivity index is 1.44. The first-order valence-corrected chi connectivity index (χ1v) is 11.8. The Morgan fingerprint density at radius 1 is 1.17 bits per heavy atom. The fourth-order valence-corrected chi connectivity index (χ4v) is 4.12. The number of ether oxygens (including phenoxy) is 2. The molecule has 0 unspecified atom stereocenters. The van der Waals surface area contributed by atoms with Crippen molar-refractivity contribution in [1.29, 1.82) is 0 Å². The van der Waals surface area contributed by atoms with Crippen LogP contribution in [-0.2, 0) is 16.0 Å². The molecule has 0 radical (unpaired) electrons. The van der Waals surface area contributed by atoms with Gasteiger partial charge in [0.15, 0.2) is 5.96 Å². The highest BCUT2D eigenvalue weighted by Gasteiger charge is 2.14. The molecule has 0 spiro atoms. The molecule has 2 saturated heterocycles. The molecule has 2 heterocycles. The summed E-state index contributed by atoms with van der Waals surface area (Å²) in [5.74, 6) is 0.962. The number of piperidine rings is 1. The van der Waals surface area contributed by atoms with Gasteiger partial charge in [0, 0.05) is 65.3 Å². The van der Waals surface area contributed by atoms with E-state index in [0.717, 1.165) is 64.7 Å². The van der Waals surface area contributed by atoms with Crippen molar-refractivity contribution in [1.82, 2.24) is 10.2 Å². The van der Waals surface area contributed by atoms with E-state index >= 15 is 0 Å². The number of benzene rings is 1. The normalized spacial score (nSPS) is 18.5. The molecule has 2 aliphatic heterocycles. The number of rotatable bonds is 9. The minimum absolute atomic E-state index is 0.367. The molecule has 0 aromatic heterocycles. The van der Waals surface area contributed by atoms with Crippen molar-refractivity contribution in [3.63, 3.8) is 0 Å². The Hall–Kier alpha value is -1.79. The highest BCUT2D eigenvalue weighted by Crippen LogP contribution is 2.20. The summed E-state index contributed by atoms with van der Waals surface area (Å²) in [6, 6.07) is 9.05. The van der Waals surface area contributed by atoms with Crippen molar-refractivity contribution >= 4 is 11.6 Å². The number of hydrogen-bond donors (Lipinski definition) is 1. The zero-order valence-electron chi connectivity index (χ0n) is 18.9. The summed E-state index contributed by atoms with van der Waals surface area (Å²) in [7, 11) is 2.11. The van der Waals surface area contributed by atoms with Crippen molar-refractivity contribution in [3.05, 3.63) is 29.8 Å². The van der Waals surface area contributed by atoms with E-state index in [4.69, 9.17) is 14.5 Å². The second-order valence-electron chi connectivity index (χ2n) is 8.34. The van der Waals surface area contributed by atoms with Crippen LogP contribution in [0.1, 0.15) is 51.0 Å². The molecule has 3 rings (SSSR count). The van der Waals surface area contributed by atoms with E-state index in [2.05, 4.69) is 53.4 Å². The average Bonchev–Trinajstić information content (AvgIpc) is 2.80. The van der Waals surface area contributed by atoms with Crippen molar-refractivity contribution in [2.45, 2.75) is 58.1 Å². The van der Waals surface area contributed by atoms with Crippen LogP contribution < -0.4 is 10.2 Å². The van der Waals surface area contributed by atoms with E-state index in [1.807, 2.05) is 0 Å². The number of nitrogens with zero attached hydrogens (tertiary/aromatic N) is 3. The van der Waals surface area contributed by atoms with Gasteiger partial charge in [-0.25, -0.2) is 0 Å². The van der Waals surface area contributed by atoms with E-state index in [0.29, 0.717) is 6.10 Å². The Labute approximate surface area is 182 Å². The molecular weight excluding hydrogens is 376 g/mol. The van der Waals surface area contributed by atoms with Crippen LogP contribution in [0.5, 0.6) is 0 Å². The standard InChI is InChI=1S/C24H40N4O2/c1-3-25-24(26-14-7-17-30-23-12-18-29-19-13-23)27(2)20-21-8-10-22(11-9-21)28-15-5-4-6-16-28/h8-11,23H,3-7,12-20H2,1-2H3,(H,25,26). The summed E-state index contributed by atoms with van der Waals surface area (Å²) in [4.78, 5) is 9.51. The second-order valence-corrected chi connectivity index (χ2v) is 8.34. The van der Waals surface area contributed by atoms with Gasteiger partial charge < -0.3 is 24.6 Å². The summed E-state index contributed by atoms with van der Waals surface area (Å²) < 4.78 is 11.3. The van der Waals surface area contributed by atoms with Crippen LogP contribution in [0, 0.1) is 0 Å². The Kier molecular flexibility index (Phi) is 9.77.